The fourth-order valence-corrected chi connectivity index (χ4v) is 0.353. The van der Waals surface area contributed by atoms with E-state index in [2.05, 4.69) is 13.5 Å². The van der Waals surface area contributed by atoms with Crippen molar-refractivity contribution in [2.75, 3.05) is 13.6 Å². The SMILES string of the molecule is C=CC.C=O.CCCN(C)N. The average Bonchev–Trinajstić information content (AvgIpc) is 1.93. The Hall–Kier alpha value is -0.670. The molecule has 0 atom stereocenters. The summed E-state index contributed by atoms with van der Waals surface area (Å²) in [7, 11) is 1.86. The van der Waals surface area contributed by atoms with Gasteiger partial charge in [0.1, 0.15) is 6.79 Å². The van der Waals surface area contributed by atoms with Gasteiger partial charge in [-0.3, -0.25) is 10.9 Å². The number of carbonyl (C=O) groups is 1. The number of hydrogen-bond acceptors (Lipinski definition) is 3. The maximum atomic E-state index is 8.00. The average molecular weight is 160 g/mol. The fourth-order valence-electron chi connectivity index (χ4n) is 0.353. The molecule has 0 amide bonds. The van der Waals surface area contributed by atoms with Crippen molar-refractivity contribution in [3.8, 4) is 0 Å². The molecule has 11 heavy (non-hydrogen) atoms. The van der Waals surface area contributed by atoms with Crippen molar-refractivity contribution in [3.63, 3.8) is 0 Å². The Bertz CT molecular complexity index is 65.1. The Morgan fingerprint density at radius 1 is 1.55 bits per heavy atom. The summed E-state index contributed by atoms with van der Waals surface area (Å²) in [4.78, 5) is 8.00. The maximum absolute atomic E-state index is 8.00. The molecule has 0 fully saturated rings. The molecule has 0 aromatic carbocycles. The van der Waals surface area contributed by atoms with Crippen LogP contribution in [0.25, 0.3) is 0 Å². The van der Waals surface area contributed by atoms with Crippen molar-refractivity contribution in [1.82, 2.24) is 5.01 Å². The molecule has 0 aliphatic heterocycles. The van der Waals surface area contributed by atoms with E-state index in [0.29, 0.717) is 0 Å². The molecular weight excluding hydrogens is 140 g/mol. The first kappa shape index (κ1) is 16.7. The van der Waals surface area contributed by atoms with Crippen LogP contribution in [0.3, 0.4) is 0 Å². The van der Waals surface area contributed by atoms with Gasteiger partial charge in [-0.1, -0.05) is 13.0 Å². The molecule has 0 rings (SSSR count). The zero-order chi connectivity index (χ0) is 9.70. The van der Waals surface area contributed by atoms with Crippen LogP contribution in [-0.2, 0) is 4.79 Å². The van der Waals surface area contributed by atoms with Crippen molar-refractivity contribution in [2.45, 2.75) is 20.3 Å². The minimum Gasteiger partial charge on any atom is -0.307 e. The molecule has 3 heteroatoms. The lowest BCUT2D eigenvalue weighted by Gasteiger charge is -2.03. The van der Waals surface area contributed by atoms with E-state index in [-0.39, 0.29) is 0 Å². The van der Waals surface area contributed by atoms with E-state index in [0.717, 1.165) is 13.0 Å². The Labute approximate surface area is 69.8 Å². The fraction of sp³-hybridized carbons (Fsp3) is 0.625. The van der Waals surface area contributed by atoms with E-state index in [4.69, 9.17) is 10.6 Å². The number of nitrogens with two attached hydrogens (primary N) is 1. The smallest absolute Gasteiger partial charge is 0.106 e. The van der Waals surface area contributed by atoms with Crippen LogP contribution >= 0.6 is 0 Å². The number of hydrazine groups is 1. The van der Waals surface area contributed by atoms with Crippen LogP contribution in [0.15, 0.2) is 12.7 Å². The Morgan fingerprint density at radius 2 is 1.82 bits per heavy atom. The van der Waals surface area contributed by atoms with Crippen molar-refractivity contribution in [3.05, 3.63) is 12.7 Å². The Kier molecular flexibility index (Phi) is 34.7. The second kappa shape index (κ2) is 22.8. The second-order valence-electron chi connectivity index (χ2n) is 1.89. The van der Waals surface area contributed by atoms with Crippen LogP contribution in [0, 0.1) is 0 Å². The van der Waals surface area contributed by atoms with Crippen LogP contribution in [0.1, 0.15) is 20.3 Å². The van der Waals surface area contributed by atoms with Gasteiger partial charge in [-0.2, -0.15) is 0 Å². The van der Waals surface area contributed by atoms with Crippen molar-refractivity contribution in [1.29, 1.82) is 0 Å². The molecule has 0 aromatic heterocycles. The van der Waals surface area contributed by atoms with Gasteiger partial charge in [-0.25, -0.2) is 0 Å². The second-order valence-corrected chi connectivity index (χ2v) is 1.89. The highest BCUT2D eigenvalue weighted by Crippen LogP contribution is 1.72. The maximum Gasteiger partial charge on any atom is 0.106 e. The third-order valence-electron chi connectivity index (χ3n) is 0.576. The van der Waals surface area contributed by atoms with Crippen LogP contribution < -0.4 is 5.84 Å². The molecule has 0 heterocycles. The summed E-state index contributed by atoms with van der Waals surface area (Å²) < 4.78 is 0. The van der Waals surface area contributed by atoms with Gasteiger partial charge in [0.05, 0.1) is 0 Å². The topological polar surface area (TPSA) is 46.3 Å². The summed E-state index contributed by atoms with van der Waals surface area (Å²) in [6.45, 7) is 10.3. The molecule has 0 aromatic rings. The van der Waals surface area contributed by atoms with E-state index in [1.54, 1.807) is 11.1 Å². The van der Waals surface area contributed by atoms with Gasteiger partial charge in [0.2, 0.25) is 0 Å². The molecule has 3 nitrogen and oxygen atoms in total. The summed E-state index contributed by atoms with van der Waals surface area (Å²) in [5.41, 5.74) is 0. The first-order chi connectivity index (χ1) is 5.18. The normalized spacial score (nSPS) is 7.00. The third-order valence-corrected chi connectivity index (χ3v) is 0.576. The molecular formula is C8H20N2O. The van der Waals surface area contributed by atoms with Gasteiger partial charge in [0.25, 0.3) is 0 Å². The quantitative estimate of drug-likeness (QED) is 0.375. The molecule has 0 saturated heterocycles. The first-order valence-electron chi connectivity index (χ1n) is 3.50. The highest BCUT2D eigenvalue weighted by molar-refractivity contribution is 5.10. The van der Waals surface area contributed by atoms with Crippen LogP contribution in [0.2, 0.25) is 0 Å². The summed E-state index contributed by atoms with van der Waals surface area (Å²) in [5.74, 6) is 5.24. The highest BCUT2D eigenvalue weighted by Gasteiger charge is 1.79. The van der Waals surface area contributed by atoms with Gasteiger partial charge >= 0.3 is 0 Å². The summed E-state index contributed by atoms with van der Waals surface area (Å²) in [6.07, 6.45) is 2.88. The molecule has 0 aliphatic carbocycles. The molecule has 0 bridgehead atoms. The molecule has 0 aliphatic rings. The van der Waals surface area contributed by atoms with E-state index in [1.807, 2.05) is 20.8 Å². The Balaban J connectivity index is -0.000000109. The van der Waals surface area contributed by atoms with Crippen LogP contribution in [0.5, 0.6) is 0 Å². The molecule has 0 spiro atoms. The monoisotopic (exact) mass is 160 g/mol. The highest BCUT2D eigenvalue weighted by atomic mass is 16.1. The van der Waals surface area contributed by atoms with Gasteiger partial charge in [0.15, 0.2) is 0 Å². The molecule has 0 radical (unpaired) electrons. The molecule has 2 N–H and O–H groups in total. The van der Waals surface area contributed by atoms with Gasteiger partial charge in [0, 0.05) is 13.6 Å². The zero-order valence-electron chi connectivity index (χ0n) is 7.84. The van der Waals surface area contributed by atoms with Crippen LogP contribution in [-0.4, -0.2) is 25.4 Å². The number of allylic oxidation sites excluding steroid dienone is 1. The lowest BCUT2D eigenvalue weighted by atomic mass is 10.5. The summed E-state index contributed by atoms with van der Waals surface area (Å²) in [5, 5.41) is 1.68. The summed E-state index contributed by atoms with van der Waals surface area (Å²) in [6, 6.07) is 0. The summed E-state index contributed by atoms with van der Waals surface area (Å²) >= 11 is 0. The van der Waals surface area contributed by atoms with Gasteiger partial charge in [-0.05, 0) is 13.3 Å². The minimum absolute atomic E-state index is 0.986. The third kappa shape index (κ3) is 92.3. The molecule has 0 unspecified atom stereocenters. The largest absolute Gasteiger partial charge is 0.307 e. The van der Waals surface area contributed by atoms with Crippen molar-refractivity contribution >= 4 is 6.79 Å². The minimum atomic E-state index is 0.986. The van der Waals surface area contributed by atoms with Gasteiger partial charge < -0.3 is 4.79 Å². The van der Waals surface area contributed by atoms with E-state index < -0.39 is 0 Å². The molecule has 68 valence electrons. The van der Waals surface area contributed by atoms with E-state index in [9.17, 15) is 0 Å². The predicted octanol–water partition coefficient (Wildman–Crippen LogP) is 1.21. The molecule has 0 saturated carbocycles. The van der Waals surface area contributed by atoms with Crippen molar-refractivity contribution < 1.29 is 4.79 Å². The lowest BCUT2D eigenvalue weighted by molar-refractivity contribution is -0.0979. The standard InChI is InChI=1S/C4H12N2.C3H6.CH2O/c1-3-4-6(2)5;1-3-2;1-2/h3-5H2,1-2H3;3H,1H2,2H3;1H2. The number of rotatable bonds is 2. The predicted molar refractivity (Wildman–Crippen MR) is 50.1 cm³/mol. The van der Waals surface area contributed by atoms with Gasteiger partial charge in [-0.15, -0.1) is 6.58 Å². The number of hydrogen-bond donors (Lipinski definition) is 1. The van der Waals surface area contributed by atoms with E-state index in [1.165, 1.54) is 0 Å². The van der Waals surface area contributed by atoms with Crippen LogP contribution in [0.4, 0.5) is 0 Å². The van der Waals surface area contributed by atoms with Crippen molar-refractivity contribution in [2.24, 2.45) is 5.84 Å². The lowest BCUT2D eigenvalue weighted by Crippen LogP contribution is -2.26. The number of carbonyl (C=O) groups excluding carboxylic acids is 1. The Morgan fingerprint density at radius 3 is 1.82 bits per heavy atom. The van der Waals surface area contributed by atoms with E-state index >= 15 is 0 Å². The number of nitrogens with zero attached hydrogens (tertiary/aromatic N) is 1. The first-order valence-corrected chi connectivity index (χ1v) is 3.50. The zero-order valence-corrected chi connectivity index (χ0v) is 7.84.